The Hall–Kier alpha value is -2.21. The number of aliphatic hydroxyl groups is 1. The van der Waals surface area contributed by atoms with E-state index in [-0.39, 0.29) is 24.0 Å². The number of aliphatic hydroxyl groups excluding tert-OH is 1. The molecule has 0 bridgehead atoms. The zero-order valence-corrected chi connectivity index (χ0v) is 14.3. The Balaban J connectivity index is 1.60. The molecule has 1 aliphatic carbocycles. The van der Waals surface area contributed by atoms with Crippen molar-refractivity contribution in [1.82, 2.24) is 20.3 Å². The predicted octanol–water partition coefficient (Wildman–Crippen LogP) is 2.63. The van der Waals surface area contributed by atoms with E-state index in [2.05, 4.69) is 15.4 Å². The maximum atomic E-state index is 13.2. The number of H-pyrrole nitrogens is 1. The van der Waals surface area contributed by atoms with Crippen LogP contribution >= 0.6 is 0 Å². The fourth-order valence-electron chi connectivity index (χ4n) is 4.39. The summed E-state index contributed by atoms with van der Waals surface area (Å²) in [5, 5.41) is 21.4. The molecule has 1 amide bonds. The summed E-state index contributed by atoms with van der Waals surface area (Å²) in [7, 11) is 0. The van der Waals surface area contributed by atoms with Gasteiger partial charge in [0.05, 0.1) is 6.10 Å². The summed E-state index contributed by atoms with van der Waals surface area (Å²) in [5.41, 5.74) is 1.86. The highest BCUT2D eigenvalue weighted by Gasteiger charge is 2.40. The molecule has 1 aromatic carbocycles. The molecule has 132 valence electrons. The van der Waals surface area contributed by atoms with Gasteiger partial charge in [0.25, 0.3) is 5.91 Å². The number of hydrogen-bond donors (Lipinski definition) is 2. The molecule has 1 saturated carbocycles. The summed E-state index contributed by atoms with van der Waals surface area (Å²) >= 11 is 0. The lowest BCUT2D eigenvalue weighted by Crippen LogP contribution is -2.45. The summed E-state index contributed by atoms with van der Waals surface area (Å²) < 4.78 is 0. The van der Waals surface area contributed by atoms with Crippen molar-refractivity contribution in [3.05, 3.63) is 36.0 Å². The van der Waals surface area contributed by atoms with Crippen LogP contribution in [0, 0.1) is 5.92 Å². The molecule has 6 nitrogen and oxygen atoms in total. The molecule has 0 radical (unpaired) electrons. The van der Waals surface area contributed by atoms with Crippen LogP contribution in [0.4, 0.5) is 0 Å². The molecule has 1 saturated heterocycles. The van der Waals surface area contributed by atoms with E-state index in [1.54, 1.807) is 0 Å². The number of amides is 1. The summed E-state index contributed by atoms with van der Waals surface area (Å²) in [5.74, 6) is 0.111. The number of benzene rings is 1. The number of likely N-dealkylation sites (tertiary alicyclic amines) is 1. The summed E-state index contributed by atoms with van der Waals surface area (Å²) in [6.45, 7) is 0.730. The van der Waals surface area contributed by atoms with Crippen LogP contribution in [0.1, 0.15) is 49.0 Å². The monoisotopic (exact) mass is 340 g/mol. The fraction of sp³-hybridized carbons (Fsp3) is 0.526. The summed E-state index contributed by atoms with van der Waals surface area (Å²) in [6, 6.07) is 9.77. The first kappa shape index (κ1) is 16.3. The van der Waals surface area contributed by atoms with Gasteiger partial charge in [-0.05, 0) is 25.7 Å². The van der Waals surface area contributed by atoms with Crippen molar-refractivity contribution in [1.29, 1.82) is 0 Å². The topological polar surface area (TPSA) is 82.1 Å². The molecular formula is C19H24N4O2. The second kappa shape index (κ2) is 6.96. The Morgan fingerprint density at radius 2 is 1.88 bits per heavy atom. The van der Waals surface area contributed by atoms with E-state index in [0.717, 1.165) is 50.6 Å². The molecule has 4 rings (SSSR count). The fourth-order valence-corrected chi connectivity index (χ4v) is 4.39. The molecule has 0 unspecified atom stereocenters. The van der Waals surface area contributed by atoms with E-state index in [4.69, 9.17) is 0 Å². The molecular weight excluding hydrogens is 316 g/mol. The van der Waals surface area contributed by atoms with Gasteiger partial charge in [0.1, 0.15) is 5.69 Å². The Morgan fingerprint density at radius 1 is 1.08 bits per heavy atom. The minimum Gasteiger partial charge on any atom is -0.393 e. The van der Waals surface area contributed by atoms with E-state index < -0.39 is 0 Å². The predicted molar refractivity (Wildman–Crippen MR) is 93.8 cm³/mol. The van der Waals surface area contributed by atoms with Crippen LogP contribution < -0.4 is 0 Å². The standard InChI is InChI=1S/C19H24N4O2/c24-16-11-5-4-9-14(16)15-10-6-12-23(15)19(25)18-17(20-22-21-18)13-7-2-1-3-8-13/h1-3,7-8,14-16,24H,4-6,9-12H2,(H,20,21,22)/t14-,15-,16+/m1/s1. The van der Waals surface area contributed by atoms with Gasteiger partial charge in [-0.15, -0.1) is 0 Å². The van der Waals surface area contributed by atoms with Crippen molar-refractivity contribution in [3.8, 4) is 11.3 Å². The van der Waals surface area contributed by atoms with E-state index >= 15 is 0 Å². The number of rotatable bonds is 3. The Morgan fingerprint density at radius 3 is 2.68 bits per heavy atom. The Bertz CT molecular complexity index is 730. The number of nitrogens with one attached hydrogen (secondary N) is 1. The number of aromatic amines is 1. The second-order valence-corrected chi connectivity index (χ2v) is 7.11. The lowest BCUT2D eigenvalue weighted by molar-refractivity contribution is 0.0209. The van der Waals surface area contributed by atoms with Crippen LogP contribution in [0.2, 0.25) is 0 Å². The van der Waals surface area contributed by atoms with Crippen molar-refractivity contribution >= 4 is 5.91 Å². The van der Waals surface area contributed by atoms with Gasteiger partial charge in [0, 0.05) is 24.1 Å². The highest BCUT2D eigenvalue weighted by Crippen LogP contribution is 2.35. The zero-order valence-electron chi connectivity index (χ0n) is 14.3. The molecule has 2 fully saturated rings. The van der Waals surface area contributed by atoms with Gasteiger partial charge in [-0.1, -0.05) is 43.2 Å². The maximum Gasteiger partial charge on any atom is 0.276 e. The molecule has 6 heteroatoms. The molecule has 2 heterocycles. The third kappa shape index (κ3) is 3.06. The van der Waals surface area contributed by atoms with Crippen molar-refractivity contribution in [3.63, 3.8) is 0 Å². The molecule has 1 aromatic heterocycles. The number of carbonyl (C=O) groups is 1. The summed E-state index contributed by atoms with van der Waals surface area (Å²) in [6.07, 6.45) is 5.73. The van der Waals surface area contributed by atoms with Crippen LogP contribution in [0.3, 0.4) is 0 Å². The van der Waals surface area contributed by atoms with Crippen LogP contribution in [0.15, 0.2) is 30.3 Å². The van der Waals surface area contributed by atoms with E-state index in [9.17, 15) is 9.90 Å². The first-order chi connectivity index (χ1) is 12.3. The van der Waals surface area contributed by atoms with Gasteiger partial charge in [-0.25, -0.2) is 0 Å². The van der Waals surface area contributed by atoms with Crippen molar-refractivity contribution in [2.45, 2.75) is 50.7 Å². The zero-order chi connectivity index (χ0) is 17.2. The van der Waals surface area contributed by atoms with E-state index in [1.807, 2.05) is 35.2 Å². The van der Waals surface area contributed by atoms with Crippen molar-refractivity contribution < 1.29 is 9.90 Å². The Kier molecular flexibility index (Phi) is 4.53. The molecule has 1 aliphatic heterocycles. The highest BCUT2D eigenvalue weighted by atomic mass is 16.3. The maximum absolute atomic E-state index is 13.2. The minimum atomic E-state index is -0.293. The Labute approximate surface area is 147 Å². The third-order valence-corrected chi connectivity index (χ3v) is 5.63. The molecule has 2 N–H and O–H groups in total. The first-order valence-electron chi connectivity index (χ1n) is 9.21. The van der Waals surface area contributed by atoms with Gasteiger partial charge >= 0.3 is 0 Å². The lowest BCUT2D eigenvalue weighted by atomic mass is 9.80. The quantitative estimate of drug-likeness (QED) is 0.900. The van der Waals surface area contributed by atoms with Gasteiger partial charge in [-0.3, -0.25) is 4.79 Å². The third-order valence-electron chi connectivity index (χ3n) is 5.63. The average molecular weight is 340 g/mol. The SMILES string of the molecule is O=C(c1n[nH]nc1-c1ccccc1)N1CCC[C@@H]1[C@H]1CCCC[C@@H]1O. The lowest BCUT2D eigenvalue weighted by Gasteiger charge is -2.37. The normalized spacial score (nSPS) is 26.8. The number of carbonyl (C=O) groups excluding carboxylic acids is 1. The second-order valence-electron chi connectivity index (χ2n) is 7.11. The van der Waals surface area contributed by atoms with Gasteiger partial charge in [0.15, 0.2) is 5.69 Å². The smallest absolute Gasteiger partial charge is 0.276 e. The molecule has 2 aliphatic rings. The molecule has 2 aromatic rings. The first-order valence-corrected chi connectivity index (χ1v) is 9.21. The van der Waals surface area contributed by atoms with Gasteiger partial charge in [-0.2, -0.15) is 15.4 Å². The van der Waals surface area contributed by atoms with Crippen molar-refractivity contribution in [2.24, 2.45) is 5.92 Å². The van der Waals surface area contributed by atoms with Crippen LogP contribution in [0.5, 0.6) is 0 Å². The van der Waals surface area contributed by atoms with Crippen LogP contribution in [-0.4, -0.2) is 50.0 Å². The molecule has 25 heavy (non-hydrogen) atoms. The number of nitrogens with zero attached hydrogens (tertiary/aromatic N) is 3. The number of hydrogen-bond acceptors (Lipinski definition) is 4. The van der Waals surface area contributed by atoms with Crippen molar-refractivity contribution in [2.75, 3.05) is 6.54 Å². The van der Waals surface area contributed by atoms with Gasteiger partial charge < -0.3 is 10.0 Å². The minimum absolute atomic E-state index is 0.0760. The van der Waals surface area contributed by atoms with Gasteiger partial charge in [0.2, 0.25) is 0 Å². The highest BCUT2D eigenvalue weighted by molar-refractivity contribution is 5.98. The average Bonchev–Trinajstić information content (AvgIpc) is 3.32. The van der Waals surface area contributed by atoms with E-state index in [1.165, 1.54) is 0 Å². The van der Waals surface area contributed by atoms with Crippen LogP contribution in [-0.2, 0) is 0 Å². The molecule has 3 atom stereocenters. The number of aromatic nitrogens is 3. The summed E-state index contributed by atoms with van der Waals surface area (Å²) in [4.78, 5) is 15.1. The van der Waals surface area contributed by atoms with E-state index in [0.29, 0.717) is 11.4 Å². The van der Waals surface area contributed by atoms with Crippen LogP contribution in [0.25, 0.3) is 11.3 Å². The molecule has 0 spiro atoms. The largest absolute Gasteiger partial charge is 0.393 e.